The van der Waals surface area contributed by atoms with Crippen LogP contribution in [0.4, 0.5) is 11.4 Å². The maximum atomic E-state index is 12.6. The standard InChI is InChI=1S/C16H16N2O3S/c1-22(20,21)17-14-8-6-13(7-9-14)16(19)18-11-10-12-4-2-3-5-15(12)18/h2-9,17H,10-11H2,1H3. The lowest BCUT2D eigenvalue weighted by Gasteiger charge is -2.17. The third kappa shape index (κ3) is 2.96. The Morgan fingerprint density at radius 2 is 1.77 bits per heavy atom. The Morgan fingerprint density at radius 1 is 1.09 bits per heavy atom. The summed E-state index contributed by atoms with van der Waals surface area (Å²) in [5.41, 5.74) is 3.11. The molecule has 0 spiro atoms. The maximum absolute atomic E-state index is 12.6. The molecule has 6 heteroatoms. The predicted octanol–water partition coefficient (Wildman–Crippen LogP) is 2.26. The van der Waals surface area contributed by atoms with E-state index in [0.29, 0.717) is 17.8 Å². The molecule has 3 rings (SSSR count). The molecule has 0 fully saturated rings. The van der Waals surface area contributed by atoms with E-state index in [9.17, 15) is 13.2 Å². The fraction of sp³-hybridized carbons (Fsp3) is 0.188. The van der Waals surface area contributed by atoms with Crippen molar-refractivity contribution >= 4 is 27.3 Å². The number of nitrogens with one attached hydrogen (secondary N) is 1. The minimum absolute atomic E-state index is 0.0733. The highest BCUT2D eigenvalue weighted by Gasteiger charge is 2.24. The van der Waals surface area contributed by atoms with Gasteiger partial charge in [-0.05, 0) is 42.3 Å². The summed E-state index contributed by atoms with van der Waals surface area (Å²) in [5, 5.41) is 0. The summed E-state index contributed by atoms with van der Waals surface area (Å²) in [6.45, 7) is 0.668. The largest absolute Gasteiger partial charge is 0.308 e. The van der Waals surface area contributed by atoms with E-state index in [1.165, 1.54) is 5.56 Å². The van der Waals surface area contributed by atoms with Crippen molar-refractivity contribution in [1.82, 2.24) is 0 Å². The van der Waals surface area contributed by atoms with Crippen molar-refractivity contribution in [3.63, 3.8) is 0 Å². The molecule has 2 aromatic rings. The molecule has 0 aliphatic carbocycles. The third-order valence-corrected chi connectivity index (χ3v) is 4.17. The molecule has 1 amide bonds. The van der Waals surface area contributed by atoms with Gasteiger partial charge in [0.25, 0.3) is 5.91 Å². The highest BCUT2D eigenvalue weighted by molar-refractivity contribution is 7.92. The number of amides is 1. The Labute approximate surface area is 129 Å². The van der Waals surface area contributed by atoms with Gasteiger partial charge in [0.05, 0.1) is 6.26 Å². The molecule has 1 aliphatic heterocycles. The summed E-state index contributed by atoms with van der Waals surface area (Å²) in [5.74, 6) is -0.0733. The molecule has 0 radical (unpaired) electrons. The quantitative estimate of drug-likeness (QED) is 0.944. The number of para-hydroxylation sites is 1. The molecule has 1 N–H and O–H groups in total. The van der Waals surface area contributed by atoms with Gasteiger partial charge in [0.15, 0.2) is 0 Å². The van der Waals surface area contributed by atoms with Gasteiger partial charge in [-0.1, -0.05) is 18.2 Å². The molecule has 0 unspecified atom stereocenters. The zero-order chi connectivity index (χ0) is 15.7. The number of carbonyl (C=O) groups excluding carboxylic acids is 1. The fourth-order valence-corrected chi connectivity index (χ4v) is 3.16. The van der Waals surface area contributed by atoms with Crippen LogP contribution in [0.15, 0.2) is 48.5 Å². The number of anilines is 2. The smallest absolute Gasteiger partial charge is 0.258 e. The van der Waals surface area contributed by atoms with E-state index in [0.717, 1.165) is 18.4 Å². The van der Waals surface area contributed by atoms with Crippen LogP contribution in [0.1, 0.15) is 15.9 Å². The van der Waals surface area contributed by atoms with E-state index in [1.54, 1.807) is 29.2 Å². The summed E-state index contributed by atoms with van der Waals surface area (Å²) in [7, 11) is -3.31. The average molecular weight is 316 g/mol. The minimum Gasteiger partial charge on any atom is -0.308 e. The van der Waals surface area contributed by atoms with Gasteiger partial charge in [0.1, 0.15) is 0 Å². The van der Waals surface area contributed by atoms with E-state index < -0.39 is 10.0 Å². The highest BCUT2D eigenvalue weighted by atomic mass is 32.2. The number of hydrogen-bond acceptors (Lipinski definition) is 3. The Bertz CT molecular complexity index is 814. The lowest BCUT2D eigenvalue weighted by atomic mass is 10.1. The lowest BCUT2D eigenvalue weighted by molar-refractivity contribution is 0.0989. The highest BCUT2D eigenvalue weighted by Crippen LogP contribution is 2.29. The van der Waals surface area contributed by atoms with Gasteiger partial charge < -0.3 is 4.90 Å². The predicted molar refractivity (Wildman–Crippen MR) is 86.7 cm³/mol. The molecule has 0 atom stereocenters. The first-order valence-electron chi connectivity index (χ1n) is 6.92. The van der Waals surface area contributed by atoms with E-state index in [4.69, 9.17) is 0 Å². The molecule has 1 aliphatic rings. The number of hydrogen-bond donors (Lipinski definition) is 1. The monoisotopic (exact) mass is 316 g/mol. The van der Waals surface area contributed by atoms with Crippen LogP contribution >= 0.6 is 0 Å². The van der Waals surface area contributed by atoms with Gasteiger partial charge in [-0.2, -0.15) is 0 Å². The number of nitrogens with zero attached hydrogens (tertiary/aromatic N) is 1. The first-order chi connectivity index (χ1) is 10.4. The average Bonchev–Trinajstić information content (AvgIpc) is 2.89. The fourth-order valence-electron chi connectivity index (χ4n) is 2.60. The van der Waals surface area contributed by atoms with E-state index >= 15 is 0 Å². The van der Waals surface area contributed by atoms with Crippen LogP contribution in [-0.2, 0) is 16.4 Å². The summed E-state index contributed by atoms with van der Waals surface area (Å²) < 4.78 is 24.7. The molecule has 0 saturated carbocycles. The molecule has 0 bridgehead atoms. The second-order valence-electron chi connectivity index (χ2n) is 5.29. The van der Waals surface area contributed by atoms with E-state index in [1.807, 2.05) is 24.3 Å². The summed E-state index contributed by atoms with van der Waals surface area (Å²) in [6, 6.07) is 14.3. The van der Waals surface area contributed by atoms with Crippen molar-refractivity contribution in [2.24, 2.45) is 0 Å². The van der Waals surface area contributed by atoms with Crippen LogP contribution in [0.2, 0.25) is 0 Å². The van der Waals surface area contributed by atoms with Crippen LogP contribution in [0.25, 0.3) is 0 Å². The maximum Gasteiger partial charge on any atom is 0.258 e. The van der Waals surface area contributed by atoms with Gasteiger partial charge in [-0.25, -0.2) is 8.42 Å². The van der Waals surface area contributed by atoms with Crippen molar-refractivity contribution < 1.29 is 13.2 Å². The van der Waals surface area contributed by atoms with E-state index in [2.05, 4.69) is 4.72 Å². The van der Waals surface area contributed by atoms with Crippen LogP contribution in [0, 0.1) is 0 Å². The van der Waals surface area contributed by atoms with Gasteiger partial charge in [-0.15, -0.1) is 0 Å². The van der Waals surface area contributed by atoms with Crippen LogP contribution in [0.3, 0.4) is 0 Å². The van der Waals surface area contributed by atoms with Crippen LogP contribution in [0.5, 0.6) is 0 Å². The second kappa shape index (κ2) is 5.46. The zero-order valence-corrected chi connectivity index (χ0v) is 12.9. The van der Waals surface area contributed by atoms with Gasteiger partial charge in [0, 0.05) is 23.5 Å². The molecule has 5 nitrogen and oxygen atoms in total. The number of rotatable bonds is 3. The minimum atomic E-state index is -3.31. The Balaban J connectivity index is 1.82. The van der Waals surface area contributed by atoms with Crippen molar-refractivity contribution in [2.45, 2.75) is 6.42 Å². The summed E-state index contributed by atoms with van der Waals surface area (Å²) in [6.07, 6.45) is 1.95. The van der Waals surface area contributed by atoms with Crippen LogP contribution < -0.4 is 9.62 Å². The Hall–Kier alpha value is -2.34. The van der Waals surface area contributed by atoms with Crippen LogP contribution in [-0.4, -0.2) is 27.1 Å². The van der Waals surface area contributed by atoms with Gasteiger partial charge in [0.2, 0.25) is 10.0 Å². The SMILES string of the molecule is CS(=O)(=O)Nc1ccc(C(=O)N2CCc3ccccc32)cc1. The molecular formula is C16H16N2O3S. The van der Waals surface area contributed by atoms with Crippen molar-refractivity contribution in [3.05, 3.63) is 59.7 Å². The summed E-state index contributed by atoms with van der Waals surface area (Å²) >= 11 is 0. The van der Waals surface area contributed by atoms with Crippen molar-refractivity contribution in [2.75, 3.05) is 22.4 Å². The van der Waals surface area contributed by atoms with Crippen molar-refractivity contribution in [3.8, 4) is 0 Å². The Morgan fingerprint density at radius 3 is 2.45 bits per heavy atom. The van der Waals surface area contributed by atoms with Crippen molar-refractivity contribution in [1.29, 1.82) is 0 Å². The Kier molecular flexibility index (Phi) is 3.62. The zero-order valence-electron chi connectivity index (χ0n) is 12.1. The normalized spacial score (nSPS) is 13.8. The molecule has 0 aromatic heterocycles. The molecule has 2 aromatic carbocycles. The van der Waals surface area contributed by atoms with Gasteiger partial charge in [-0.3, -0.25) is 9.52 Å². The number of fused-ring (bicyclic) bond motifs is 1. The first kappa shape index (κ1) is 14.6. The topological polar surface area (TPSA) is 66.5 Å². The van der Waals surface area contributed by atoms with Gasteiger partial charge >= 0.3 is 0 Å². The molecular weight excluding hydrogens is 300 g/mol. The molecule has 22 heavy (non-hydrogen) atoms. The van der Waals surface area contributed by atoms with E-state index in [-0.39, 0.29) is 5.91 Å². The number of carbonyl (C=O) groups is 1. The first-order valence-corrected chi connectivity index (χ1v) is 8.81. The molecule has 0 saturated heterocycles. The third-order valence-electron chi connectivity index (χ3n) is 3.57. The number of benzene rings is 2. The molecule has 114 valence electrons. The second-order valence-corrected chi connectivity index (χ2v) is 7.04. The lowest BCUT2D eigenvalue weighted by Crippen LogP contribution is -2.28. The number of sulfonamides is 1. The summed E-state index contributed by atoms with van der Waals surface area (Å²) in [4.78, 5) is 14.4. The molecule has 1 heterocycles.